The molecule has 0 radical (unpaired) electrons. The summed E-state index contributed by atoms with van der Waals surface area (Å²) in [5.41, 5.74) is 5.92. The summed E-state index contributed by atoms with van der Waals surface area (Å²) in [5.74, 6) is 1.23. The first-order chi connectivity index (χ1) is 11.5. The lowest BCUT2D eigenvalue weighted by molar-refractivity contribution is 0.111. The summed E-state index contributed by atoms with van der Waals surface area (Å²) in [4.78, 5) is 11.8. The first kappa shape index (κ1) is 16.3. The summed E-state index contributed by atoms with van der Waals surface area (Å²) in [6, 6.07) is 12.4. The standard InChI is InChI=1S/C21H23NO2/c1-5-24-21-9-7-16(14(2)3)10-19(21)18-11-17-8-6-15(4)12-22(17)20(18)13-23/h6-14H,5H2,1-4H3. The minimum atomic E-state index is 0.415. The maximum atomic E-state index is 11.8. The number of ether oxygens (including phenoxy) is 1. The molecule has 3 aromatic rings. The Morgan fingerprint density at radius 1 is 1.12 bits per heavy atom. The van der Waals surface area contributed by atoms with Crippen LogP contribution in [0.15, 0.2) is 42.6 Å². The second kappa shape index (κ2) is 6.52. The summed E-state index contributed by atoms with van der Waals surface area (Å²) in [5, 5.41) is 0. The first-order valence-corrected chi connectivity index (χ1v) is 8.39. The Morgan fingerprint density at radius 3 is 2.58 bits per heavy atom. The van der Waals surface area contributed by atoms with Crippen LogP contribution in [0.2, 0.25) is 0 Å². The third-order valence-electron chi connectivity index (χ3n) is 4.33. The number of hydrogen-bond donors (Lipinski definition) is 0. The van der Waals surface area contributed by atoms with E-state index in [4.69, 9.17) is 4.74 Å². The van der Waals surface area contributed by atoms with Gasteiger partial charge in [0.1, 0.15) is 5.75 Å². The molecule has 0 saturated carbocycles. The van der Waals surface area contributed by atoms with Gasteiger partial charge in [0.25, 0.3) is 0 Å². The van der Waals surface area contributed by atoms with Crippen molar-refractivity contribution >= 4 is 11.8 Å². The van der Waals surface area contributed by atoms with Crippen molar-refractivity contribution in [2.24, 2.45) is 0 Å². The molecular weight excluding hydrogens is 298 g/mol. The van der Waals surface area contributed by atoms with Crippen molar-refractivity contribution in [2.75, 3.05) is 6.61 Å². The van der Waals surface area contributed by atoms with Crippen molar-refractivity contribution in [1.29, 1.82) is 0 Å². The van der Waals surface area contributed by atoms with Gasteiger partial charge in [-0.3, -0.25) is 4.79 Å². The number of hydrogen-bond acceptors (Lipinski definition) is 2. The molecule has 2 heterocycles. The van der Waals surface area contributed by atoms with Crippen LogP contribution in [0, 0.1) is 6.92 Å². The van der Waals surface area contributed by atoms with Crippen LogP contribution < -0.4 is 4.74 Å². The summed E-state index contributed by atoms with van der Waals surface area (Å²) >= 11 is 0. The number of rotatable bonds is 5. The SMILES string of the molecule is CCOc1ccc(C(C)C)cc1-c1cc2ccc(C)cn2c1C=O. The molecule has 0 aliphatic rings. The van der Waals surface area contributed by atoms with Crippen LogP contribution in [0.1, 0.15) is 48.3 Å². The smallest absolute Gasteiger partial charge is 0.167 e. The fourth-order valence-corrected chi connectivity index (χ4v) is 3.03. The quantitative estimate of drug-likeness (QED) is 0.601. The number of aromatic nitrogens is 1. The number of aryl methyl sites for hydroxylation is 1. The molecule has 0 N–H and O–H groups in total. The van der Waals surface area contributed by atoms with Crippen molar-refractivity contribution in [1.82, 2.24) is 4.40 Å². The highest BCUT2D eigenvalue weighted by molar-refractivity contribution is 5.91. The lowest BCUT2D eigenvalue weighted by Gasteiger charge is -2.14. The van der Waals surface area contributed by atoms with Gasteiger partial charge in [-0.05, 0) is 55.2 Å². The third-order valence-corrected chi connectivity index (χ3v) is 4.33. The monoisotopic (exact) mass is 321 g/mol. The minimum absolute atomic E-state index is 0.415. The van der Waals surface area contributed by atoms with Crippen LogP contribution in [-0.4, -0.2) is 17.3 Å². The molecule has 0 unspecified atom stereocenters. The zero-order chi connectivity index (χ0) is 17.3. The molecule has 3 nitrogen and oxygen atoms in total. The molecule has 0 aliphatic carbocycles. The van der Waals surface area contributed by atoms with Crippen LogP contribution in [-0.2, 0) is 0 Å². The lowest BCUT2D eigenvalue weighted by atomic mass is 9.96. The molecule has 0 bridgehead atoms. The molecule has 0 fully saturated rings. The molecule has 1 aromatic carbocycles. The van der Waals surface area contributed by atoms with E-state index < -0.39 is 0 Å². The lowest BCUT2D eigenvalue weighted by Crippen LogP contribution is -1.98. The van der Waals surface area contributed by atoms with Crippen molar-refractivity contribution in [2.45, 2.75) is 33.6 Å². The molecule has 3 heteroatoms. The Balaban J connectivity index is 2.29. The summed E-state index contributed by atoms with van der Waals surface area (Å²) in [7, 11) is 0. The van der Waals surface area contributed by atoms with Crippen molar-refractivity contribution < 1.29 is 9.53 Å². The molecule has 0 atom stereocenters. The van der Waals surface area contributed by atoms with Gasteiger partial charge in [0.05, 0.1) is 12.3 Å². The maximum absolute atomic E-state index is 11.8. The Morgan fingerprint density at radius 2 is 1.92 bits per heavy atom. The number of pyridine rings is 1. The molecule has 0 saturated heterocycles. The van der Waals surface area contributed by atoms with E-state index in [1.54, 1.807) is 0 Å². The van der Waals surface area contributed by atoms with Gasteiger partial charge >= 0.3 is 0 Å². The van der Waals surface area contributed by atoms with Gasteiger partial charge < -0.3 is 9.14 Å². The van der Waals surface area contributed by atoms with Gasteiger partial charge in [0.2, 0.25) is 0 Å². The van der Waals surface area contributed by atoms with Crippen LogP contribution >= 0.6 is 0 Å². The van der Waals surface area contributed by atoms with Gasteiger partial charge in [0, 0.05) is 22.8 Å². The summed E-state index contributed by atoms with van der Waals surface area (Å²) < 4.78 is 7.77. The third kappa shape index (κ3) is 2.82. The molecule has 124 valence electrons. The predicted octanol–water partition coefficient (Wildman–Crippen LogP) is 5.25. The average Bonchev–Trinajstić information content (AvgIpc) is 2.92. The predicted molar refractivity (Wildman–Crippen MR) is 98.2 cm³/mol. The van der Waals surface area contributed by atoms with E-state index in [9.17, 15) is 4.79 Å². The number of carbonyl (C=O) groups excluding carboxylic acids is 1. The number of benzene rings is 1. The zero-order valence-electron chi connectivity index (χ0n) is 14.7. The molecule has 2 aromatic heterocycles. The van der Waals surface area contributed by atoms with E-state index in [0.29, 0.717) is 18.2 Å². The average molecular weight is 321 g/mol. The van der Waals surface area contributed by atoms with Gasteiger partial charge in [-0.25, -0.2) is 0 Å². The van der Waals surface area contributed by atoms with Crippen molar-refractivity contribution in [3.63, 3.8) is 0 Å². The van der Waals surface area contributed by atoms with Crippen LogP contribution in [0.25, 0.3) is 16.6 Å². The number of carbonyl (C=O) groups is 1. The topological polar surface area (TPSA) is 30.7 Å². The highest BCUT2D eigenvalue weighted by Crippen LogP contribution is 2.36. The largest absolute Gasteiger partial charge is 0.493 e. The number of fused-ring (bicyclic) bond motifs is 1. The molecule has 0 spiro atoms. The normalized spacial score (nSPS) is 11.2. The fourth-order valence-electron chi connectivity index (χ4n) is 3.03. The van der Waals surface area contributed by atoms with E-state index in [0.717, 1.165) is 34.2 Å². The second-order valence-electron chi connectivity index (χ2n) is 6.41. The minimum Gasteiger partial charge on any atom is -0.493 e. The van der Waals surface area contributed by atoms with E-state index in [1.165, 1.54) is 5.56 Å². The fraction of sp³-hybridized carbons (Fsp3) is 0.286. The Labute approximate surface area is 142 Å². The second-order valence-corrected chi connectivity index (χ2v) is 6.41. The van der Waals surface area contributed by atoms with Gasteiger partial charge in [-0.1, -0.05) is 26.0 Å². The van der Waals surface area contributed by atoms with Crippen LogP contribution in [0.4, 0.5) is 0 Å². The number of aldehydes is 1. The highest BCUT2D eigenvalue weighted by Gasteiger charge is 2.17. The molecule has 3 rings (SSSR count). The van der Waals surface area contributed by atoms with E-state index in [-0.39, 0.29) is 0 Å². The van der Waals surface area contributed by atoms with Gasteiger partial charge in [-0.2, -0.15) is 0 Å². The Bertz CT molecular complexity index is 890. The zero-order valence-corrected chi connectivity index (χ0v) is 14.7. The Kier molecular flexibility index (Phi) is 4.43. The van der Waals surface area contributed by atoms with E-state index in [2.05, 4.69) is 38.1 Å². The van der Waals surface area contributed by atoms with Crippen LogP contribution in [0.5, 0.6) is 5.75 Å². The molecular formula is C21H23NO2. The highest BCUT2D eigenvalue weighted by atomic mass is 16.5. The van der Waals surface area contributed by atoms with E-state index >= 15 is 0 Å². The first-order valence-electron chi connectivity index (χ1n) is 8.39. The summed E-state index contributed by atoms with van der Waals surface area (Å²) in [6.45, 7) is 8.93. The maximum Gasteiger partial charge on any atom is 0.167 e. The van der Waals surface area contributed by atoms with Gasteiger partial charge in [0.15, 0.2) is 6.29 Å². The number of nitrogens with zero attached hydrogens (tertiary/aromatic N) is 1. The molecule has 0 amide bonds. The Hall–Kier alpha value is -2.55. The van der Waals surface area contributed by atoms with Crippen molar-refractivity contribution in [3.8, 4) is 16.9 Å². The van der Waals surface area contributed by atoms with Crippen LogP contribution in [0.3, 0.4) is 0 Å². The van der Waals surface area contributed by atoms with Gasteiger partial charge in [-0.15, -0.1) is 0 Å². The molecule has 24 heavy (non-hydrogen) atoms. The molecule has 0 aliphatic heterocycles. The summed E-state index contributed by atoms with van der Waals surface area (Å²) in [6.07, 6.45) is 2.93. The van der Waals surface area contributed by atoms with E-state index in [1.807, 2.05) is 36.6 Å². The van der Waals surface area contributed by atoms with Crippen molar-refractivity contribution in [3.05, 3.63) is 59.4 Å².